The predicted octanol–water partition coefficient (Wildman–Crippen LogP) is 0.419. The number of hydrogen-bond donors (Lipinski definition) is 1. The summed E-state index contributed by atoms with van der Waals surface area (Å²) >= 11 is 0. The van der Waals surface area contributed by atoms with Crippen LogP contribution in [0.25, 0.3) is 11.1 Å². The summed E-state index contributed by atoms with van der Waals surface area (Å²) in [4.78, 5) is 14.2. The molecule has 108 valence electrons. The molecule has 6 heteroatoms. The maximum Gasteiger partial charge on any atom is 0.419 e. The number of morpholine rings is 1. The van der Waals surface area contributed by atoms with Gasteiger partial charge in [-0.25, -0.2) is 4.79 Å². The van der Waals surface area contributed by atoms with E-state index in [9.17, 15) is 4.79 Å². The van der Waals surface area contributed by atoms with Gasteiger partial charge in [-0.15, -0.1) is 0 Å². The van der Waals surface area contributed by atoms with E-state index in [4.69, 9.17) is 14.3 Å². The normalized spacial score (nSPS) is 16.9. The molecule has 0 atom stereocenters. The molecule has 3 rings (SSSR count). The van der Waals surface area contributed by atoms with Crippen LogP contribution >= 0.6 is 0 Å². The van der Waals surface area contributed by atoms with Gasteiger partial charge in [-0.1, -0.05) is 6.07 Å². The van der Waals surface area contributed by atoms with Gasteiger partial charge in [0, 0.05) is 26.2 Å². The first kappa shape index (κ1) is 13.4. The van der Waals surface area contributed by atoms with Crippen molar-refractivity contribution >= 4 is 11.1 Å². The van der Waals surface area contributed by atoms with E-state index < -0.39 is 0 Å². The van der Waals surface area contributed by atoms with E-state index in [1.807, 2.05) is 12.1 Å². The van der Waals surface area contributed by atoms with E-state index in [1.54, 1.807) is 10.6 Å². The molecule has 0 saturated carbocycles. The van der Waals surface area contributed by atoms with Crippen molar-refractivity contribution in [1.29, 1.82) is 0 Å². The van der Waals surface area contributed by atoms with Crippen LogP contribution in [0.4, 0.5) is 0 Å². The summed E-state index contributed by atoms with van der Waals surface area (Å²) in [6, 6.07) is 5.34. The van der Waals surface area contributed by atoms with E-state index >= 15 is 0 Å². The zero-order valence-electron chi connectivity index (χ0n) is 11.2. The van der Waals surface area contributed by atoms with Crippen molar-refractivity contribution in [3.63, 3.8) is 0 Å². The van der Waals surface area contributed by atoms with Gasteiger partial charge in [0.2, 0.25) is 0 Å². The molecule has 1 aliphatic heterocycles. The second kappa shape index (κ2) is 5.78. The van der Waals surface area contributed by atoms with Crippen LogP contribution in [0.15, 0.2) is 27.4 Å². The predicted molar refractivity (Wildman–Crippen MR) is 73.7 cm³/mol. The Morgan fingerprint density at radius 3 is 2.75 bits per heavy atom. The van der Waals surface area contributed by atoms with Crippen LogP contribution in [-0.4, -0.2) is 47.4 Å². The Balaban J connectivity index is 1.80. The van der Waals surface area contributed by atoms with Crippen molar-refractivity contribution in [2.75, 3.05) is 32.8 Å². The first-order valence-corrected chi connectivity index (χ1v) is 6.81. The summed E-state index contributed by atoms with van der Waals surface area (Å²) in [5, 5.41) is 9.10. The summed E-state index contributed by atoms with van der Waals surface area (Å²) in [7, 11) is 0. The van der Waals surface area contributed by atoms with Gasteiger partial charge in [-0.2, -0.15) is 0 Å². The lowest BCUT2D eigenvalue weighted by Gasteiger charge is -2.26. The van der Waals surface area contributed by atoms with Gasteiger partial charge < -0.3 is 14.3 Å². The third kappa shape index (κ3) is 2.63. The van der Waals surface area contributed by atoms with Gasteiger partial charge in [-0.3, -0.25) is 9.47 Å². The minimum absolute atomic E-state index is 0.0569. The molecule has 1 aromatic heterocycles. The number of nitrogens with zero attached hydrogens (tertiary/aromatic N) is 2. The molecule has 0 spiro atoms. The van der Waals surface area contributed by atoms with Gasteiger partial charge >= 0.3 is 5.76 Å². The molecule has 1 aliphatic rings. The molecule has 0 bridgehead atoms. The molecule has 1 saturated heterocycles. The van der Waals surface area contributed by atoms with Crippen LogP contribution in [0.2, 0.25) is 0 Å². The van der Waals surface area contributed by atoms with Gasteiger partial charge in [-0.05, 0) is 17.7 Å². The van der Waals surface area contributed by atoms with Crippen LogP contribution in [0.1, 0.15) is 5.56 Å². The highest BCUT2D eigenvalue weighted by atomic mass is 16.5. The second-order valence-corrected chi connectivity index (χ2v) is 4.93. The summed E-state index contributed by atoms with van der Waals surface area (Å²) in [5.41, 5.74) is 2.05. The van der Waals surface area contributed by atoms with Crippen molar-refractivity contribution in [2.45, 2.75) is 13.2 Å². The number of oxazole rings is 1. The Morgan fingerprint density at radius 1 is 1.20 bits per heavy atom. The van der Waals surface area contributed by atoms with Gasteiger partial charge in [0.1, 0.15) is 0 Å². The minimum atomic E-state index is -0.344. The summed E-state index contributed by atoms with van der Waals surface area (Å²) < 4.78 is 12.2. The maximum atomic E-state index is 11.9. The highest BCUT2D eigenvalue weighted by molar-refractivity contribution is 5.73. The number of benzene rings is 1. The number of aromatic nitrogens is 1. The standard InChI is InChI=1S/C14H18N2O4/c17-10-11-1-2-12-13(9-11)20-14(18)16(12)4-3-15-5-7-19-8-6-15/h1-2,9,17H,3-8,10H2. The van der Waals surface area contributed by atoms with E-state index in [2.05, 4.69) is 4.90 Å². The van der Waals surface area contributed by atoms with Gasteiger partial charge in [0.25, 0.3) is 0 Å². The van der Waals surface area contributed by atoms with Crippen molar-refractivity contribution in [3.8, 4) is 0 Å². The number of hydrogen-bond acceptors (Lipinski definition) is 5. The number of fused-ring (bicyclic) bond motifs is 1. The number of rotatable bonds is 4. The van der Waals surface area contributed by atoms with Gasteiger partial charge in [0.15, 0.2) is 5.58 Å². The van der Waals surface area contributed by atoms with Crippen LogP contribution in [-0.2, 0) is 17.9 Å². The fourth-order valence-corrected chi connectivity index (χ4v) is 2.49. The van der Waals surface area contributed by atoms with Crippen molar-refractivity contribution in [2.24, 2.45) is 0 Å². The Bertz CT molecular complexity index is 640. The maximum absolute atomic E-state index is 11.9. The summed E-state index contributed by atoms with van der Waals surface area (Å²) in [6.45, 7) is 4.66. The molecular formula is C14H18N2O4. The van der Waals surface area contributed by atoms with E-state index in [1.165, 1.54) is 0 Å². The Kier molecular flexibility index (Phi) is 3.86. The van der Waals surface area contributed by atoms with Crippen LogP contribution in [0.3, 0.4) is 0 Å². The van der Waals surface area contributed by atoms with E-state index in [-0.39, 0.29) is 12.4 Å². The summed E-state index contributed by atoms with van der Waals surface area (Å²) in [5.74, 6) is -0.344. The first-order valence-electron chi connectivity index (χ1n) is 6.81. The summed E-state index contributed by atoms with van der Waals surface area (Å²) in [6.07, 6.45) is 0. The van der Waals surface area contributed by atoms with Crippen LogP contribution in [0.5, 0.6) is 0 Å². The third-order valence-electron chi connectivity index (χ3n) is 3.66. The zero-order valence-corrected chi connectivity index (χ0v) is 11.2. The number of aliphatic hydroxyl groups excluding tert-OH is 1. The molecule has 1 aromatic carbocycles. The topological polar surface area (TPSA) is 67.8 Å². The lowest BCUT2D eigenvalue weighted by molar-refractivity contribution is 0.0363. The largest absolute Gasteiger partial charge is 0.419 e. The molecule has 0 aliphatic carbocycles. The highest BCUT2D eigenvalue weighted by Gasteiger charge is 2.13. The van der Waals surface area contributed by atoms with Crippen molar-refractivity contribution in [3.05, 3.63) is 34.3 Å². The third-order valence-corrected chi connectivity index (χ3v) is 3.66. The average molecular weight is 278 g/mol. The molecular weight excluding hydrogens is 260 g/mol. The van der Waals surface area contributed by atoms with Crippen LogP contribution < -0.4 is 5.76 Å². The smallest absolute Gasteiger partial charge is 0.408 e. The quantitative estimate of drug-likeness (QED) is 0.878. The number of ether oxygens (including phenoxy) is 1. The Hall–Kier alpha value is -1.63. The molecule has 6 nitrogen and oxygen atoms in total. The second-order valence-electron chi connectivity index (χ2n) is 4.93. The van der Waals surface area contributed by atoms with Crippen molar-refractivity contribution in [1.82, 2.24) is 9.47 Å². The lowest BCUT2D eigenvalue weighted by Crippen LogP contribution is -2.38. The lowest BCUT2D eigenvalue weighted by atomic mass is 10.2. The van der Waals surface area contributed by atoms with Crippen molar-refractivity contribution < 1.29 is 14.3 Å². The van der Waals surface area contributed by atoms with E-state index in [0.29, 0.717) is 12.1 Å². The monoisotopic (exact) mass is 278 g/mol. The number of aliphatic hydroxyl groups is 1. The Morgan fingerprint density at radius 2 is 2.00 bits per heavy atom. The molecule has 0 radical (unpaired) electrons. The van der Waals surface area contributed by atoms with Gasteiger partial charge in [0.05, 0.1) is 25.3 Å². The molecule has 2 heterocycles. The molecule has 2 aromatic rings. The average Bonchev–Trinajstić information content (AvgIpc) is 2.80. The fourth-order valence-electron chi connectivity index (χ4n) is 2.49. The molecule has 0 amide bonds. The highest BCUT2D eigenvalue weighted by Crippen LogP contribution is 2.15. The Labute approximate surface area is 116 Å². The SMILES string of the molecule is O=c1oc2cc(CO)ccc2n1CCN1CCOCC1. The molecule has 1 N–H and O–H groups in total. The minimum Gasteiger partial charge on any atom is -0.408 e. The molecule has 20 heavy (non-hydrogen) atoms. The zero-order chi connectivity index (χ0) is 13.9. The van der Waals surface area contributed by atoms with Crippen LogP contribution in [0, 0.1) is 0 Å². The van der Waals surface area contributed by atoms with E-state index in [0.717, 1.165) is 43.9 Å². The molecule has 0 unspecified atom stereocenters. The molecule has 1 fully saturated rings. The fraction of sp³-hybridized carbons (Fsp3) is 0.500. The first-order chi connectivity index (χ1) is 9.78.